The molecular formula is C14H18FNOS. The number of hydrogen-bond donors (Lipinski definition) is 1. The third-order valence-corrected chi connectivity index (χ3v) is 4.79. The Labute approximate surface area is 111 Å². The van der Waals surface area contributed by atoms with Crippen molar-refractivity contribution in [3.8, 4) is 5.75 Å². The summed E-state index contributed by atoms with van der Waals surface area (Å²) in [4.78, 5) is 0. The van der Waals surface area contributed by atoms with E-state index in [0.29, 0.717) is 18.4 Å². The van der Waals surface area contributed by atoms with Gasteiger partial charge in [-0.25, -0.2) is 4.39 Å². The lowest BCUT2D eigenvalue weighted by atomic mass is 10.0. The van der Waals surface area contributed by atoms with Crippen molar-refractivity contribution in [1.29, 1.82) is 0 Å². The molecule has 2 atom stereocenters. The fourth-order valence-corrected chi connectivity index (χ4v) is 3.86. The highest BCUT2D eigenvalue weighted by Crippen LogP contribution is 2.34. The van der Waals surface area contributed by atoms with E-state index in [4.69, 9.17) is 4.74 Å². The summed E-state index contributed by atoms with van der Waals surface area (Å²) < 4.78 is 19.3. The number of benzene rings is 1. The molecule has 1 aromatic carbocycles. The molecule has 2 aliphatic heterocycles. The molecule has 0 aliphatic carbocycles. The van der Waals surface area contributed by atoms with Gasteiger partial charge in [0.15, 0.2) is 11.6 Å². The minimum Gasteiger partial charge on any atom is -0.490 e. The lowest BCUT2D eigenvalue weighted by Crippen LogP contribution is -2.32. The van der Waals surface area contributed by atoms with Crippen LogP contribution in [0.4, 0.5) is 4.39 Å². The summed E-state index contributed by atoms with van der Waals surface area (Å²) in [5.74, 6) is 2.62. The molecule has 18 heavy (non-hydrogen) atoms. The minimum absolute atomic E-state index is 0.234. The van der Waals surface area contributed by atoms with Crippen LogP contribution in [0.1, 0.15) is 30.9 Å². The van der Waals surface area contributed by atoms with Gasteiger partial charge in [-0.2, -0.15) is 11.8 Å². The molecule has 98 valence electrons. The van der Waals surface area contributed by atoms with Gasteiger partial charge >= 0.3 is 0 Å². The van der Waals surface area contributed by atoms with E-state index >= 15 is 0 Å². The van der Waals surface area contributed by atoms with Crippen LogP contribution < -0.4 is 10.1 Å². The second-order valence-corrected chi connectivity index (χ2v) is 6.08. The van der Waals surface area contributed by atoms with Crippen LogP contribution in [-0.4, -0.2) is 24.2 Å². The van der Waals surface area contributed by atoms with E-state index < -0.39 is 0 Å². The lowest BCUT2D eigenvalue weighted by molar-refractivity contribution is 0.300. The van der Waals surface area contributed by atoms with E-state index in [1.54, 1.807) is 6.07 Å². The highest BCUT2D eigenvalue weighted by atomic mass is 32.2. The van der Waals surface area contributed by atoms with Crippen molar-refractivity contribution in [2.75, 3.05) is 18.1 Å². The molecule has 0 saturated carbocycles. The zero-order valence-electron chi connectivity index (χ0n) is 10.3. The maximum atomic E-state index is 13.8. The first-order valence-electron chi connectivity index (χ1n) is 6.59. The second kappa shape index (κ2) is 5.49. The molecule has 0 spiro atoms. The summed E-state index contributed by atoms with van der Waals surface area (Å²) in [5.41, 5.74) is 0.990. The van der Waals surface area contributed by atoms with Gasteiger partial charge in [0, 0.05) is 23.4 Å². The van der Waals surface area contributed by atoms with Crippen LogP contribution in [0.3, 0.4) is 0 Å². The molecule has 0 bridgehead atoms. The van der Waals surface area contributed by atoms with Crippen molar-refractivity contribution < 1.29 is 9.13 Å². The van der Waals surface area contributed by atoms with Crippen molar-refractivity contribution >= 4 is 11.8 Å². The molecule has 4 heteroatoms. The summed E-state index contributed by atoms with van der Waals surface area (Å²) in [6.45, 7) is 0.617. The summed E-state index contributed by atoms with van der Waals surface area (Å²) in [7, 11) is 0. The number of thioether (sulfide) groups is 1. The van der Waals surface area contributed by atoms with Crippen LogP contribution in [0.25, 0.3) is 0 Å². The monoisotopic (exact) mass is 267 g/mol. The van der Waals surface area contributed by atoms with Gasteiger partial charge in [0.25, 0.3) is 0 Å². The number of hydrogen-bond acceptors (Lipinski definition) is 3. The van der Waals surface area contributed by atoms with Crippen LogP contribution in [0, 0.1) is 5.82 Å². The molecule has 1 saturated heterocycles. The van der Waals surface area contributed by atoms with Crippen molar-refractivity contribution in [1.82, 2.24) is 5.32 Å². The summed E-state index contributed by atoms with van der Waals surface area (Å²) in [5, 5.41) is 3.67. The number of para-hydroxylation sites is 1. The lowest BCUT2D eigenvalue weighted by Gasteiger charge is -2.22. The molecular weight excluding hydrogens is 249 g/mol. The maximum Gasteiger partial charge on any atom is 0.165 e. The number of halogens is 1. The molecule has 1 aromatic rings. The average Bonchev–Trinajstić information content (AvgIpc) is 2.79. The Hall–Kier alpha value is -0.740. The number of rotatable bonds is 2. The molecule has 1 fully saturated rings. The van der Waals surface area contributed by atoms with Crippen molar-refractivity contribution in [2.24, 2.45) is 0 Å². The number of ether oxygens (including phenoxy) is 1. The fraction of sp³-hybridized carbons (Fsp3) is 0.571. The summed E-state index contributed by atoms with van der Waals surface area (Å²) in [6.07, 6.45) is 3.22. The van der Waals surface area contributed by atoms with Crippen LogP contribution in [0.15, 0.2) is 18.2 Å². The minimum atomic E-state index is -0.234. The molecule has 0 radical (unpaired) electrons. The Balaban J connectivity index is 1.84. The van der Waals surface area contributed by atoms with Crippen molar-refractivity contribution in [3.63, 3.8) is 0 Å². The zero-order chi connectivity index (χ0) is 12.4. The van der Waals surface area contributed by atoms with E-state index in [1.165, 1.54) is 24.0 Å². The Morgan fingerprint density at radius 1 is 1.33 bits per heavy atom. The van der Waals surface area contributed by atoms with Gasteiger partial charge in [-0.05, 0) is 31.1 Å². The highest BCUT2D eigenvalue weighted by Gasteiger charge is 2.25. The van der Waals surface area contributed by atoms with E-state index in [9.17, 15) is 4.39 Å². The largest absolute Gasteiger partial charge is 0.490 e. The first kappa shape index (κ1) is 12.3. The smallest absolute Gasteiger partial charge is 0.165 e. The Morgan fingerprint density at radius 2 is 2.28 bits per heavy atom. The van der Waals surface area contributed by atoms with Gasteiger partial charge in [-0.1, -0.05) is 12.1 Å². The van der Waals surface area contributed by atoms with E-state index in [0.717, 1.165) is 18.4 Å². The normalized spacial score (nSPS) is 27.4. The SMILES string of the molecule is Fc1cccc2c1OCCC[C@H]2N[C@H]1CCSC1. The van der Waals surface area contributed by atoms with Crippen LogP contribution >= 0.6 is 11.8 Å². The number of fused-ring (bicyclic) bond motifs is 1. The zero-order valence-corrected chi connectivity index (χ0v) is 11.1. The molecule has 0 aromatic heterocycles. The third-order valence-electron chi connectivity index (χ3n) is 3.62. The first-order chi connectivity index (χ1) is 8.84. The van der Waals surface area contributed by atoms with E-state index in [2.05, 4.69) is 5.32 Å². The van der Waals surface area contributed by atoms with Crippen molar-refractivity contribution in [2.45, 2.75) is 31.3 Å². The van der Waals surface area contributed by atoms with E-state index in [-0.39, 0.29) is 11.9 Å². The molecule has 0 amide bonds. The maximum absolute atomic E-state index is 13.8. The van der Waals surface area contributed by atoms with Gasteiger partial charge in [0.05, 0.1) is 6.61 Å². The predicted octanol–water partition coefficient (Wildman–Crippen LogP) is 3.13. The van der Waals surface area contributed by atoms with Crippen LogP contribution in [-0.2, 0) is 0 Å². The van der Waals surface area contributed by atoms with Crippen molar-refractivity contribution in [3.05, 3.63) is 29.6 Å². The quantitative estimate of drug-likeness (QED) is 0.889. The molecule has 2 heterocycles. The van der Waals surface area contributed by atoms with Crippen LogP contribution in [0.5, 0.6) is 5.75 Å². The standard InChI is InChI=1S/C14H18FNOS/c15-12-4-1-3-11-13(5-2-7-17-14(11)12)16-10-6-8-18-9-10/h1,3-4,10,13,16H,2,5-9H2/t10-,13+/m0/s1. The van der Waals surface area contributed by atoms with Crippen LogP contribution in [0.2, 0.25) is 0 Å². The van der Waals surface area contributed by atoms with Gasteiger partial charge in [0.1, 0.15) is 0 Å². The third kappa shape index (κ3) is 2.50. The van der Waals surface area contributed by atoms with Gasteiger partial charge in [-0.3, -0.25) is 0 Å². The number of nitrogens with one attached hydrogen (secondary N) is 1. The Bertz CT molecular complexity index is 420. The summed E-state index contributed by atoms with van der Waals surface area (Å²) in [6, 6.07) is 6.05. The topological polar surface area (TPSA) is 21.3 Å². The molecule has 3 rings (SSSR count). The van der Waals surface area contributed by atoms with Gasteiger partial charge in [0.2, 0.25) is 0 Å². The summed E-state index contributed by atoms with van der Waals surface area (Å²) >= 11 is 1.99. The molecule has 2 nitrogen and oxygen atoms in total. The predicted molar refractivity (Wildman–Crippen MR) is 72.7 cm³/mol. The fourth-order valence-electron chi connectivity index (χ4n) is 2.69. The molecule has 0 unspecified atom stereocenters. The second-order valence-electron chi connectivity index (χ2n) is 4.93. The Morgan fingerprint density at radius 3 is 3.11 bits per heavy atom. The molecule has 2 aliphatic rings. The molecule has 1 N–H and O–H groups in total. The first-order valence-corrected chi connectivity index (χ1v) is 7.75. The highest BCUT2D eigenvalue weighted by molar-refractivity contribution is 7.99. The average molecular weight is 267 g/mol. The van der Waals surface area contributed by atoms with Gasteiger partial charge < -0.3 is 10.1 Å². The Kier molecular flexibility index (Phi) is 3.75. The van der Waals surface area contributed by atoms with Gasteiger partial charge in [-0.15, -0.1) is 0 Å². The van der Waals surface area contributed by atoms with E-state index in [1.807, 2.05) is 17.8 Å².